The highest BCUT2D eigenvalue weighted by molar-refractivity contribution is 7.99. The number of benzene rings is 2. The molecule has 0 radical (unpaired) electrons. The summed E-state index contributed by atoms with van der Waals surface area (Å²) in [5.41, 5.74) is 4.97. The molecule has 212 valence electrons. The minimum absolute atomic E-state index is 0.0138. The van der Waals surface area contributed by atoms with Gasteiger partial charge < -0.3 is 19.9 Å². The molecule has 1 saturated heterocycles. The molecule has 1 aromatic heterocycles. The van der Waals surface area contributed by atoms with Crippen molar-refractivity contribution in [2.24, 2.45) is 0 Å². The third-order valence-electron chi connectivity index (χ3n) is 6.45. The number of nitrogens with one attached hydrogen (secondary N) is 2. The van der Waals surface area contributed by atoms with E-state index in [0.717, 1.165) is 23.1 Å². The lowest BCUT2D eigenvalue weighted by Gasteiger charge is -2.36. The van der Waals surface area contributed by atoms with Gasteiger partial charge >= 0.3 is 0 Å². The smallest absolute Gasteiger partial charge is 0.243 e. The summed E-state index contributed by atoms with van der Waals surface area (Å²) in [5.74, 6) is 0.140. The van der Waals surface area contributed by atoms with Crippen molar-refractivity contribution in [1.29, 1.82) is 0 Å². The van der Waals surface area contributed by atoms with E-state index in [1.165, 1.54) is 11.8 Å². The van der Waals surface area contributed by atoms with Crippen LogP contribution in [0.25, 0.3) is 0 Å². The van der Waals surface area contributed by atoms with E-state index in [-0.39, 0.29) is 31.1 Å². The number of hydroxylamine groups is 1. The second-order valence-electron chi connectivity index (χ2n) is 9.46. The van der Waals surface area contributed by atoms with Crippen LogP contribution in [0.5, 0.6) is 0 Å². The number of amides is 2. The highest BCUT2D eigenvalue weighted by atomic mass is 32.2. The molecule has 1 aliphatic rings. The molecule has 0 spiro atoms. The molecule has 0 bridgehead atoms. The molecule has 0 unspecified atom stereocenters. The van der Waals surface area contributed by atoms with E-state index in [9.17, 15) is 14.7 Å². The number of aliphatic hydroxyl groups is 1. The summed E-state index contributed by atoms with van der Waals surface area (Å²) < 4.78 is 12.7. The van der Waals surface area contributed by atoms with E-state index < -0.39 is 12.2 Å². The number of hydrogen-bond acceptors (Lipinski definition) is 9. The number of carbonyl (C=O) groups excluding carboxylic acids is 2. The van der Waals surface area contributed by atoms with Crippen molar-refractivity contribution in [3.63, 3.8) is 0 Å². The Hall–Kier alpha value is -3.35. The van der Waals surface area contributed by atoms with Crippen LogP contribution in [0.15, 0.2) is 72.1 Å². The molecule has 0 aliphatic carbocycles. The second-order valence-corrected chi connectivity index (χ2v) is 10.4. The quantitative estimate of drug-likeness (QED) is 0.0761. The minimum atomic E-state index is -0.598. The first-order valence-electron chi connectivity index (χ1n) is 13.3. The fourth-order valence-electron chi connectivity index (χ4n) is 4.30. The van der Waals surface area contributed by atoms with Crippen LogP contribution in [0, 0.1) is 0 Å². The normalized spacial score (nSPS) is 18.7. The second kappa shape index (κ2) is 15.4. The van der Waals surface area contributed by atoms with E-state index in [1.807, 2.05) is 48.5 Å². The lowest BCUT2D eigenvalue weighted by molar-refractivity contribution is -0.245. The molecule has 4 N–H and O–H groups in total. The topological polar surface area (TPSA) is 143 Å². The van der Waals surface area contributed by atoms with Gasteiger partial charge in [-0.2, -0.15) is 0 Å². The van der Waals surface area contributed by atoms with E-state index >= 15 is 0 Å². The van der Waals surface area contributed by atoms with Crippen LogP contribution in [-0.4, -0.2) is 44.0 Å². The molecule has 2 heterocycles. The standard InChI is InChI=1S/C29H34N4O6S/c34-18-20-7-9-21(10-8-20)25-17-24(19-40-29-30-15-4-16-31-29)38-28(39-25)22-11-13-23(14-12-22)32-26(35)5-2-1-3-6-27(36)33-37/h4,7-16,24-25,28,34,37H,1-3,5-6,17-19H2,(H,32,35)(H,33,36)/t24-,25+,28+/m0/s1. The van der Waals surface area contributed by atoms with E-state index in [2.05, 4.69) is 15.3 Å². The number of nitrogens with zero attached hydrogens (tertiary/aromatic N) is 2. The lowest BCUT2D eigenvalue weighted by Crippen LogP contribution is -2.31. The first kappa shape index (κ1) is 29.6. The maximum atomic E-state index is 12.3. The Kier molecular flexibility index (Phi) is 11.4. The predicted octanol–water partition coefficient (Wildman–Crippen LogP) is 4.70. The monoisotopic (exact) mass is 566 g/mol. The molecule has 1 fully saturated rings. The zero-order valence-corrected chi connectivity index (χ0v) is 22.9. The van der Waals surface area contributed by atoms with Crippen LogP contribution in [0.1, 0.15) is 67.6 Å². The van der Waals surface area contributed by atoms with Gasteiger partial charge in [0, 0.05) is 48.7 Å². The van der Waals surface area contributed by atoms with Gasteiger partial charge in [-0.3, -0.25) is 14.8 Å². The van der Waals surface area contributed by atoms with Gasteiger partial charge in [0.2, 0.25) is 11.8 Å². The summed E-state index contributed by atoms with van der Waals surface area (Å²) in [6.45, 7) is -0.0138. The Morgan fingerprint density at radius 1 is 0.900 bits per heavy atom. The van der Waals surface area contributed by atoms with Gasteiger partial charge in [-0.1, -0.05) is 54.6 Å². The number of rotatable bonds is 13. The van der Waals surface area contributed by atoms with Gasteiger partial charge in [-0.15, -0.1) is 0 Å². The number of carbonyl (C=O) groups is 2. The summed E-state index contributed by atoms with van der Waals surface area (Å²) >= 11 is 1.53. The number of aliphatic hydroxyl groups excluding tert-OH is 1. The zero-order valence-electron chi connectivity index (χ0n) is 22.1. The summed E-state index contributed by atoms with van der Waals surface area (Å²) in [4.78, 5) is 31.9. The average molecular weight is 567 g/mol. The van der Waals surface area contributed by atoms with E-state index in [4.69, 9.17) is 14.7 Å². The molecular weight excluding hydrogens is 532 g/mol. The van der Waals surface area contributed by atoms with Crippen LogP contribution >= 0.6 is 11.8 Å². The maximum Gasteiger partial charge on any atom is 0.243 e. The number of unbranched alkanes of at least 4 members (excludes halogenated alkanes) is 2. The van der Waals surface area contributed by atoms with Crippen LogP contribution in [0.4, 0.5) is 5.69 Å². The van der Waals surface area contributed by atoms with Crippen molar-refractivity contribution in [3.05, 3.63) is 83.7 Å². The Morgan fingerprint density at radius 3 is 2.25 bits per heavy atom. The third kappa shape index (κ3) is 9.10. The molecule has 2 amide bonds. The fourth-order valence-corrected chi connectivity index (χ4v) is 5.12. The van der Waals surface area contributed by atoms with Crippen molar-refractivity contribution in [2.45, 2.75) is 68.8 Å². The largest absolute Gasteiger partial charge is 0.392 e. The average Bonchev–Trinajstić information content (AvgIpc) is 3.00. The van der Waals surface area contributed by atoms with Crippen molar-refractivity contribution >= 4 is 29.3 Å². The SMILES string of the molecule is O=C(CCCCCC(=O)Nc1ccc([C@@H]2O[C@H](CSc3ncccn3)C[C@H](c3ccc(CO)cc3)O2)cc1)NO. The van der Waals surface area contributed by atoms with Crippen molar-refractivity contribution < 1.29 is 29.4 Å². The van der Waals surface area contributed by atoms with Gasteiger partial charge in [0.15, 0.2) is 11.4 Å². The Bertz CT molecular complexity index is 1210. The van der Waals surface area contributed by atoms with Gasteiger partial charge in [0.25, 0.3) is 0 Å². The molecule has 2 aromatic carbocycles. The van der Waals surface area contributed by atoms with Gasteiger partial charge in [0.05, 0.1) is 18.8 Å². The molecular formula is C29H34N4O6S. The Balaban J connectivity index is 1.36. The summed E-state index contributed by atoms with van der Waals surface area (Å²) in [6, 6.07) is 16.9. The number of ether oxygens (including phenoxy) is 2. The van der Waals surface area contributed by atoms with Gasteiger partial charge in [-0.05, 0) is 42.2 Å². The fraction of sp³-hybridized carbons (Fsp3) is 0.379. The van der Waals surface area contributed by atoms with E-state index in [0.29, 0.717) is 42.3 Å². The minimum Gasteiger partial charge on any atom is -0.392 e. The number of aromatic nitrogens is 2. The first-order valence-corrected chi connectivity index (χ1v) is 14.3. The number of thioether (sulfide) groups is 1. The van der Waals surface area contributed by atoms with Crippen molar-refractivity contribution in [3.8, 4) is 0 Å². The number of hydrogen-bond donors (Lipinski definition) is 4. The molecule has 3 atom stereocenters. The Morgan fingerprint density at radius 2 is 1.57 bits per heavy atom. The summed E-state index contributed by atoms with van der Waals surface area (Å²) in [6.07, 6.45) is 5.75. The molecule has 10 nitrogen and oxygen atoms in total. The van der Waals surface area contributed by atoms with Crippen molar-refractivity contribution in [2.75, 3.05) is 11.1 Å². The first-order chi connectivity index (χ1) is 19.5. The Labute approximate surface area is 237 Å². The van der Waals surface area contributed by atoms with Crippen molar-refractivity contribution in [1.82, 2.24) is 15.4 Å². The van der Waals surface area contributed by atoms with Crippen LogP contribution in [0.2, 0.25) is 0 Å². The summed E-state index contributed by atoms with van der Waals surface area (Å²) in [5, 5.41) is 21.5. The van der Waals surface area contributed by atoms with Gasteiger partial charge in [0.1, 0.15) is 0 Å². The molecule has 0 saturated carbocycles. The summed E-state index contributed by atoms with van der Waals surface area (Å²) in [7, 11) is 0. The highest BCUT2D eigenvalue weighted by Crippen LogP contribution is 2.39. The maximum absolute atomic E-state index is 12.3. The highest BCUT2D eigenvalue weighted by Gasteiger charge is 2.32. The third-order valence-corrected chi connectivity index (χ3v) is 7.46. The van der Waals surface area contributed by atoms with Gasteiger partial charge in [-0.25, -0.2) is 15.4 Å². The van der Waals surface area contributed by atoms with Crippen LogP contribution in [-0.2, 0) is 25.7 Å². The van der Waals surface area contributed by atoms with E-state index in [1.54, 1.807) is 23.9 Å². The molecule has 11 heteroatoms. The predicted molar refractivity (Wildman–Crippen MR) is 149 cm³/mol. The molecule has 3 aromatic rings. The van der Waals surface area contributed by atoms with Crippen LogP contribution in [0.3, 0.4) is 0 Å². The molecule has 40 heavy (non-hydrogen) atoms. The number of anilines is 1. The zero-order chi connectivity index (χ0) is 28.2. The molecule has 1 aliphatic heterocycles. The van der Waals surface area contributed by atoms with Crippen LogP contribution < -0.4 is 10.8 Å². The lowest BCUT2D eigenvalue weighted by atomic mass is 10.0. The molecule has 4 rings (SSSR count).